The number of anilines is 1. The van der Waals surface area contributed by atoms with Gasteiger partial charge in [-0.25, -0.2) is 15.0 Å². The van der Waals surface area contributed by atoms with Crippen molar-refractivity contribution in [3.05, 3.63) is 82.8 Å². The van der Waals surface area contributed by atoms with Crippen LogP contribution >= 0.6 is 22.9 Å². The van der Waals surface area contributed by atoms with Gasteiger partial charge in [-0.05, 0) is 41.4 Å². The molecular weight excluding hydrogens is 434 g/mol. The number of hydrogen-bond acceptors (Lipinski definition) is 6. The van der Waals surface area contributed by atoms with Gasteiger partial charge in [0, 0.05) is 25.4 Å². The molecule has 0 aliphatic heterocycles. The van der Waals surface area contributed by atoms with Gasteiger partial charge in [0.1, 0.15) is 11.7 Å². The van der Waals surface area contributed by atoms with E-state index in [1.165, 1.54) is 28.5 Å². The molecule has 31 heavy (non-hydrogen) atoms. The van der Waals surface area contributed by atoms with Crippen LogP contribution in [0.15, 0.2) is 66.3 Å². The Morgan fingerprint density at radius 1 is 1.13 bits per heavy atom. The predicted molar refractivity (Wildman–Crippen MR) is 121 cm³/mol. The number of rotatable bonds is 6. The maximum atomic E-state index is 13.4. The molecule has 0 bridgehead atoms. The zero-order valence-electron chi connectivity index (χ0n) is 16.5. The summed E-state index contributed by atoms with van der Waals surface area (Å²) >= 11 is 7.34. The molecule has 7 nitrogen and oxygen atoms in total. The number of benzene rings is 2. The molecule has 2 aromatic carbocycles. The molecule has 2 amide bonds. The molecule has 156 valence electrons. The van der Waals surface area contributed by atoms with E-state index in [0.29, 0.717) is 12.1 Å². The third kappa shape index (κ3) is 4.87. The number of nitrogens with one attached hydrogen (secondary N) is 1. The number of carbonyl (C=O) groups excluding carboxylic acids is 2. The molecule has 1 N–H and O–H groups in total. The lowest BCUT2D eigenvalue weighted by atomic mass is 10.0. The number of aromatic nitrogens is 3. The molecule has 4 aromatic rings. The summed E-state index contributed by atoms with van der Waals surface area (Å²) in [6.45, 7) is 0. The Morgan fingerprint density at radius 3 is 2.71 bits per heavy atom. The summed E-state index contributed by atoms with van der Waals surface area (Å²) in [7, 11) is 1.68. The lowest BCUT2D eigenvalue weighted by molar-refractivity contribution is -0.120. The summed E-state index contributed by atoms with van der Waals surface area (Å²) in [5.41, 5.74) is 4.30. The average molecular weight is 452 g/mol. The van der Waals surface area contributed by atoms with E-state index in [4.69, 9.17) is 11.6 Å². The van der Waals surface area contributed by atoms with Crippen molar-refractivity contribution in [3.8, 4) is 0 Å². The molecule has 4 rings (SSSR count). The van der Waals surface area contributed by atoms with E-state index >= 15 is 0 Å². The Balaban J connectivity index is 1.60. The highest BCUT2D eigenvalue weighted by Crippen LogP contribution is 2.24. The minimum atomic E-state index is -0.806. The summed E-state index contributed by atoms with van der Waals surface area (Å²) in [4.78, 5) is 39.7. The summed E-state index contributed by atoms with van der Waals surface area (Å²) in [5, 5.41) is 2.76. The number of nitrogens with zero attached hydrogens (tertiary/aromatic N) is 4. The molecule has 0 spiro atoms. The van der Waals surface area contributed by atoms with E-state index in [1.807, 2.05) is 48.5 Å². The summed E-state index contributed by atoms with van der Waals surface area (Å²) < 4.78 is 1.04. The van der Waals surface area contributed by atoms with Gasteiger partial charge in [0.25, 0.3) is 5.91 Å². The number of halogens is 1. The molecule has 2 aromatic heterocycles. The van der Waals surface area contributed by atoms with Gasteiger partial charge >= 0.3 is 0 Å². The second kappa shape index (κ2) is 9.20. The normalized spacial score (nSPS) is 11.8. The maximum absolute atomic E-state index is 13.4. The number of amides is 2. The molecule has 0 radical (unpaired) electrons. The smallest absolute Gasteiger partial charge is 0.270 e. The van der Waals surface area contributed by atoms with Crippen molar-refractivity contribution < 1.29 is 9.59 Å². The third-order valence-corrected chi connectivity index (χ3v) is 5.77. The van der Waals surface area contributed by atoms with Gasteiger partial charge in [0.2, 0.25) is 11.2 Å². The van der Waals surface area contributed by atoms with E-state index in [-0.39, 0.29) is 16.9 Å². The molecular formula is C22H18ClN5O2S. The summed E-state index contributed by atoms with van der Waals surface area (Å²) in [5.74, 6) is -0.756. The van der Waals surface area contributed by atoms with Crippen LogP contribution < -0.4 is 10.2 Å². The Bertz CT molecular complexity index is 1230. The van der Waals surface area contributed by atoms with Gasteiger partial charge in [-0.15, -0.1) is 11.3 Å². The first-order valence-electron chi connectivity index (χ1n) is 9.45. The second-order valence-corrected chi connectivity index (χ2v) is 8.05. The minimum absolute atomic E-state index is 0.0349. The van der Waals surface area contributed by atoms with E-state index < -0.39 is 11.9 Å². The highest BCUT2D eigenvalue weighted by atomic mass is 35.5. The zero-order chi connectivity index (χ0) is 21.8. The zero-order valence-corrected chi connectivity index (χ0v) is 18.1. The van der Waals surface area contributed by atoms with Gasteiger partial charge in [-0.2, -0.15) is 0 Å². The molecule has 0 saturated heterocycles. The number of fused-ring (bicyclic) bond motifs is 1. The molecule has 1 atom stereocenters. The van der Waals surface area contributed by atoms with Gasteiger partial charge < -0.3 is 10.2 Å². The van der Waals surface area contributed by atoms with Crippen molar-refractivity contribution in [2.45, 2.75) is 12.5 Å². The maximum Gasteiger partial charge on any atom is 0.270 e. The molecule has 0 fully saturated rings. The van der Waals surface area contributed by atoms with Gasteiger partial charge in [-0.3, -0.25) is 9.59 Å². The van der Waals surface area contributed by atoms with Crippen LogP contribution in [-0.4, -0.2) is 39.9 Å². The van der Waals surface area contributed by atoms with Crippen molar-refractivity contribution in [1.29, 1.82) is 0 Å². The molecule has 0 aliphatic rings. The Kier molecular flexibility index (Phi) is 6.20. The lowest BCUT2D eigenvalue weighted by Gasteiger charge is -2.25. The first-order chi connectivity index (χ1) is 15.0. The third-order valence-electron chi connectivity index (χ3n) is 4.78. The first-order valence-corrected chi connectivity index (χ1v) is 10.7. The fraction of sp³-hybridized carbons (Fsp3) is 0.136. The van der Waals surface area contributed by atoms with Crippen LogP contribution in [0.3, 0.4) is 0 Å². The average Bonchev–Trinajstić information content (AvgIpc) is 3.26. The lowest BCUT2D eigenvalue weighted by Crippen LogP contribution is -2.49. The summed E-state index contributed by atoms with van der Waals surface area (Å²) in [6.07, 6.45) is 1.72. The molecule has 9 heteroatoms. The number of likely N-dealkylation sites (N-methyl/N-ethyl adjacent to an activating group) is 1. The highest BCUT2D eigenvalue weighted by molar-refractivity contribution is 7.16. The van der Waals surface area contributed by atoms with E-state index in [1.54, 1.807) is 12.6 Å². The second-order valence-electron chi connectivity index (χ2n) is 6.83. The van der Waals surface area contributed by atoms with Gasteiger partial charge in [0.05, 0.1) is 15.7 Å². The molecule has 0 unspecified atom stereocenters. The van der Waals surface area contributed by atoms with Gasteiger partial charge in [-0.1, -0.05) is 30.3 Å². The molecule has 0 aliphatic carbocycles. The van der Waals surface area contributed by atoms with Crippen molar-refractivity contribution in [2.24, 2.45) is 0 Å². The van der Waals surface area contributed by atoms with Crippen LogP contribution in [0.25, 0.3) is 10.2 Å². The quantitative estimate of drug-likeness (QED) is 0.451. The van der Waals surface area contributed by atoms with E-state index in [2.05, 4.69) is 20.3 Å². The topological polar surface area (TPSA) is 88.1 Å². The van der Waals surface area contributed by atoms with Crippen LogP contribution in [0.1, 0.15) is 16.1 Å². The number of carbonyl (C=O) groups is 2. The summed E-state index contributed by atoms with van der Waals surface area (Å²) in [6, 6.07) is 15.8. The minimum Gasteiger partial charge on any atom is -0.339 e. The fourth-order valence-corrected chi connectivity index (χ4v) is 3.97. The predicted octanol–water partition coefficient (Wildman–Crippen LogP) is 3.74. The van der Waals surface area contributed by atoms with E-state index in [9.17, 15) is 9.59 Å². The van der Waals surface area contributed by atoms with Crippen molar-refractivity contribution in [1.82, 2.24) is 20.3 Å². The molecule has 0 saturated carbocycles. The Hall–Kier alpha value is -3.36. The van der Waals surface area contributed by atoms with E-state index in [0.717, 1.165) is 15.8 Å². The van der Waals surface area contributed by atoms with Crippen LogP contribution in [-0.2, 0) is 11.2 Å². The van der Waals surface area contributed by atoms with Crippen LogP contribution in [0.4, 0.5) is 5.69 Å². The monoisotopic (exact) mass is 451 g/mol. The standard InChI is InChI=1S/C22H18ClN5O2S/c1-28(15-7-8-19-17(12-15)25-13-31-19)21(30)18(11-14-5-3-2-4-6-14)26-20(29)16-9-10-24-22(23)27-16/h2-10,12-13,18H,11H2,1H3,(H,26,29)/t18-/m0/s1. The number of thiazole rings is 1. The fourth-order valence-electron chi connectivity index (χ4n) is 3.16. The SMILES string of the molecule is CN(C(=O)[C@H](Cc1ccccc1)NC(=O)c1ccnc(Cl)n1)c1ccc2scnc2c1. The van der Waals surface area contributed by atoms with Crippen LogP contribution in [0.5, 0.6) is 0 Å². The number of hydrogen-bond donors (Lipinski definition) is 1. The van der Waals surface area contributed by atoms with Crippen molar-refractivity contribution in [3.63, 3.8) is 0 Å². The Morgan fingerprint density at radius 2 is 1.94 bits per heavy atom. The van der Waals surface area contributed by atoms with Gasteiger partial charge in [0.15, 0.2) is 0 Å². The molecule has 2 heterocycles. The van der Waals surface area contributed by atoms with Crippen LogP contribution in [0, 0.1) is 0 Å². The first kappa shape index (κ1) is 20.9. The highest BCUT2D eigenvalue weighted by Gasteiger charge is 2.26. The van der Waals surface area contributed by atoms with Crippen LogP contribution in [0.2, 0.25) is 5.28 Å². The van der Waals surface area contributed by atoms with Crippen molar-refractivity contribution >= 4 is 50.7 Å². The van der Waals surface area contributed by atoms with Crippen molar-refractivity contribution in [2.75, 3.05) is 11.9 Å². The largest absolute Gasteiger partial charge is 0.339 e. The Labute approximate surface area is 187 Å².